The second-order valence-electron chi connectivity index (χ2n) is 6.19. The molecule has 1 aliphatic carbocycles. The first-order valence-electron chi connectivity index (χ1n) is 6.90. The van der Waals surface area contributed by atoms with Crippen LogP contribution in [0.5, 0.6) is 0 Å². The molecular formula is C13H22F3N3O2. The second-order valence-corrected chi connectivity index (χ2v) is 6.19. The third-order valence-electron chi connectivity index (χ3n) is 4.01. The first kappa shape index (κ1) is 17.6. The molecule has 1 fully saturated rings. The van der Waals surface area contributed by atoms with Gasteiger partial charge in [0.15, 0.2) is 0 Å². The third-order valence-corrected chi connectivity index (χ3v) is 4.01. The number of halogens is 3. The molecule has 2 unspecified atom stereocenters. The van der Waals surface area contributed by atoms with Crippen molar-refractivity contribution in [2.75, 3.05) is 6.54 Å². The summed E-state index contributed by atoms with van der Waals surface area (Å²) in [4.78, 5) is 12.0. The van der Waals surface area contributed by atoms with E-state index >= 15 is 0 Å². The van der Waals surface area contributed by atoms with Crippen LogP contribution in [-0.4, -0.2) is 29.7 Å². The number of nitrogens with two attached hydrogens (primary N) is 1. The molecule has 1 aliphatic rings. The highest BCUT2D eigenvalue weighted by molar-refractivity contribution is 5.86. The summed E-state index contributed by atoms with van der Waals surface area (Å²) in [6.45, 7) is 3.44. The smallest absolute Gasteiger partial charge is 0.391 e. The molecular weight excluding hydrogens is 287 g/mol. The van der Waals surface area contributed by atoms with Gasteiger partial charge in [0.25, 0.3) is 0 Å². The number of nitrogens with one attached hydrogen (secondary N) is 1. The van der Waals surface area contributed by atoms with E-state index in [1.54, 1.807) is 13.8 Å². The average Bonchev–Trinajstić information content (AvgIpc) is 2.43. The molecule has 0 radical (unpaired) electrons. The molecule has 1 saturated carbocycles. The highest BCUT2D eigenvalue weighted by atomic mass is 19.4. The van der Waals surface area contributed by atoms with Gasteiger partial charge in [0.1, 0.15) is 5.84 Å². The largest absolute Gasteiger partial charge is 0.409 e. The number of hydrogen-bond donors (Lipinski definition) is 3. The number of carbonyl (C=O) groups excluding carboxylic acids is 1. The number of amidine groups is 1. The maximum Gasteiger partial charge on any atom is 0.391 e. The Morgan fingerprint density at radius 3 is 2.52 bits per heavy atom. The van der Waals surface area contributed by atoms with E-state index in [2.05, 4.69) is 10.5 Å². The van der Waals surface area contributed by atoms with Gasteiger partial charge in [0.2, 0.25) is 5.91 Å². The number of amides is 1. The molecule has 0 saturated heterocycles. The van der Waals surface area contributed by atoms with Gasteiger partial charge in [-0.25, -0.2) is 0 Å². The third kappa shape index (κ3) is 4.78. The Balaban J connectivity index is 2.56. The van der Waals surface area contributed by atoms with Crippen molar-refractivity contribution in [1.82, 2.24) is 5.32 Å². The first-order valence-corrected chi connectivity index (χ1v) is 6.90. The summed E-state index contributed by atoms with van der Waals surface area (Å²) in [5, 5.41) is 14.1. The SMILES string of the molecule is CC(C)(CNC(=O)C1CCCC(C(F)(F)F)C1)C(N)=NO. The molecule has 0 bridgehead atoms. The maximum atomic E-state index is 12.7. The van der Waals surface area contributed by atoms with Crippen molar-refractivity contribution in [1.29, 1.82) is 0 Å². The normalized spacial score (nSPS) is 24.7. The van der Waals surface area contributed by atoms with Gasteiger partial charge in [-0.15, -0.1) is 0 Å². The van der Waals surface area contributed by atoms with Gasteiger partial charge >= 0.3 is 6.18 Å². The molecule has 0 heterocycles. The van der Waals surface area contributed by atoms with Crippen LogP contribution in [0, 0.1) is 17.3 Å². The quantitative estimate of drug-likeness (QED) is 0.322. The van der Waals surface area contributed by atoms with Gasteiger partial charge in [-0.05, 0) is 19.3 Å². The molecule has 1 amide bonds. The van der Waals surface area contributed by atoms with E-state index in [1.165, 1.54) is 0 Å². The topological polar surface area (TPSA) is 87.7 Å². The van der Waals surface area contributed by atoms with Crippen molar-refractivity contribution in [3.8, 4) is 0 Å². The van der Waals surface area contributed by atoms with Crippen LogP contribution in [0.4, 0.5) is 13.2 Å². The van der Waals surface area contributed by atoms with Crippen LogP contribution in [-0.2, 0) is 4.79 Å². The molecule has 0 aromatic heterocycles. The zero-order chi connectivity index (χ0) is 16.3. The lowest BCUT2D eigenvalue weighted by Crippen LogP contribution is -2.45. The fourth-order valence-corrected chi connectivity index (χ4v) is 2.40. The monoisotopic (exact) mass is 309 g/mol. The van der Waals surface area contributed by atoms with E-state index in [4.69, 9.17) is 10.9 Å². The zero-order valence-electron chi connectivity index (χ0n) is 12.2. The summed E-state index contributed by atoms with van der Waals surface area (Å²) in [7, 11) is 0. The number of hydrogen-bond acceptors (Lipinski definition) is 3. The standard InChI is InChI=1S/C13H22F3N3O2/c1-12(2,11(17)19-21)7-18-10(20)8-4-3-5-9(6-8)13(14,15)16/h8-9,21H,3-7H2,1-2H3,(H2,17,19)(H,18,20). The molecule has 0 aliphatic heterocycles. The Hall–Kier alpha value is -1.47. The van der Waals surface area contributed by atoms with Gasteiger partial charge in [-0.1, -0.05) is 25.4 Å². The lowest BCUT2D eigenvalue weighted by Gasteiger charge is -2.31. The Bertz CT molecular complexity index is 408. The second kappa shape index (κ2) is 6.53. The van der Waals surface area contributed by atoms with Crippen LogP contribution in [0.3, 0.4) is 0 Å². The van der Waals surface area contributed by atoms with E-state index in [0.717, 1.165) is 0 Å². The summed E-state index contributed by atoms with van der Waals surface area (Å²) in [5.74, 6) is -2.48. The van der Waals surface area contributed by atoms with Gasteiger partial charge in [0.05, 0.1) is 5.92 Å². The van der Waals surface area contributed by atoms with Crippen LogP contribution < -0.4 is 11.1 Å². The van der Waals surface area contributed by atoms with E-state index in [9.17, 15) is 18.0 Å². The summed E-state index contributed by atoms with van der Waals surface area (Å²) in [6, 6.07) is 0. The Morgan fingerprint density at radius 2 is 2.00 bits per heavy atom. The van der Waals surface area contributed by atoms with Gasteiger partial charge in [-0.3, -0.25) is 4.79 Å². The fraction of sp³-hybridized carbons (Fsp3) is 0.846. The predicted molar refractivity (Wildman–Crippen MR) is 71.7 cm³/mol. The van der Waals surface area contributed by atoms with Crippen LogP contribution in [0.2, 0.25) is 0 Å². The number of rotatable bonds is 4. The Kier molecular flexibility index (Phi) is 5.47. The van der Waals surface area contributed by atoms with Crippen LogP contribution in [0.25, 0.3) is 0 Å². The van der Waals surface area contributed by atoms with Crippen LogP contribution >= 0.6 is 0 Å². The molecule has 8 heteroatoms. The lowest BCUT2D eigenvalue weighted by atomic mass is 9.80. The molecule has 0 aromatic rings. The van der Waals surface area contributed by atoms with E-state index in [-0.39, 0.29) is 25.2 Å². The molecule has 2 atom stereocenters. The number of nitrogens with zero attached hydrogens (tertiary/aromatic N) is 1. The zero-order valence-corrected chi connectivity index (χ0v) is 12.2. The van der Waals surface area contributed by atoms with Crippen molar-refractivity contribution in [2.45, 2.75) is 45.7 Å². The van der Waals surface area contributed by atoms with Crippen molar-refractivity contribution >= 4 is 11.7 Å². The molecule has 1 rings (SSSR count). The van der Waals surface area contributed by atoms with E-state index in [0.29, 0.717) is 12.8 Å². The van der Waals surface area contributed by atoms with E-state index in [1.807, 2.05) is 0 Å². The highest BCUT2D eigenvalue weighted by Gasteiger charge is 2.43. The van der Waals surface area contributed by atoms with Gasteiger partial charge in [-0.2, -0.15) is 13.2 Å². The molecule has 21 heavy (non-hydrogen) atoms. The number of carbonyl (C=O) groups is 1. The first-order chi connectivity index (χ1) is 9.58. The predicted octanol–water partition coefficient (Wildman–Crippen LogP) is 2.24. The minimum absolute atomic E-state index is 0.0420. The summed E-state index contributed by atoms with van der Waals surface area (Å²) >= 11 is 0. The molecule has 0 aromatic carbocycles. The van der Waals surface area contributed by atoms with Crippen molar-refractivity contribution < 1.29 is 23.2 Å². The minimum atomic E-state index is -4.24. The minimum Gasteiger partial charge on any atom is -0.409 e. The van der Waals surface area contributed by atoms with Gasteiger partial charge in [0, 0.05) is 17.9 Å². The Labute approximate surface area is 121 Å². The van der Waals surface area contributed by atoms with E-state index < -0.39 is 29.3 Å². The lowest BCUT2D eigenvalue weighted by molar-refractivity contribution is -0.186. The molecule has 122 valence electrons. The summed E-state index contributed by atoms with van der Waals surface area (Å²) in [5.41, 5.74) is 4.73. The number of alkyl halides is 3. The molecule has 5 nitrogen and oxygen atoms in total. The summed E-state index contributed by atoms with van der Waals surface area (Å²) in [6.07, 6.45) is -3.47. The van der Waals surface area contributed by atoms with Crippen LogP contribution in [0.1, 0.15) is 39.5 Å². The van der Waals surface area contributed by atoms with Crippen molar-refractivity contribution in [3.05, 3.63) is 0 Å². The number of oxime groups is 1. The Morgan fingerprint density at radius 1 is 1.38 bits per heavy atom. The van der Waals surface area contributed by atoms with Crippen molar-refractivity contribution in [3.63, 3.8) is 0 Å². The van der Waals surface area contributed by atoms with Crippen molar-refractivity contribution in [2.24, 2.45) is 28.1 Å². The highest BCUT2D eigenvalue weighted by Crippen LogP contribution is 2.39. The molecule has 0 spiro atoms. The summed E-state index contributed by atoms with van der Waals surface area (Å²) < 4.78 is 38.1. The molecule has 4 N–H and O–H groups in total. The van der Waals surface area contributed by atoms with Gasteiger partial charge < -0.3 is 16.3 Å². The average molecular weight is 309 g/mol. The van der Waals surface area contributed by atoms with Crippen LogP contribution in [0.15, 0.2) is 5.16 Å². The fourth-order valence-electron chi connectivity index (χ4n) is 2.40. The maximum absolute atomic E-state index is 12.7.